The van der Waals surface area contributed by atoms with Crippen LogP contribution in [0.25, 0.3) is 16.3 Å². The Balaban J connectivity index is 1.31. The topological polar surface area (TPSA) is 46.9 Å². The minimum atomic E-state index is -0.0525. The average molecular weight is 547 g/mol. The maximum Gasteiger partial charge on any atom is 0.272 e. The van der Waals surface area contributed by atoms with Gasteiger partial charge in [0.2, 0.25) is 0 Å². The number of fused-ring (bicyclic) bond motifs is 5. The van der Waals surface area contributed by atoms with Crippen LogP contribution in [0.2, 0.25) is 0 Å². The van der Waals surface area contributed by atoms with Crippen molar-refractivity contribution in [3.8, 4) is 10.6 Å². The van der Waals surface area contributed by atoms with Crippen LogP contribution >= 0.6 is 38.9 Å². The van der Waals surface area contributed by atoms with Gasteiger partial charge in [-0.25, -0.2) is 4.68 Å². The highest BCUT2D eigenvalue weighted by Crippen LogP contribution is 2.61. The molecule has 2 bridgehead atoms. The third kappa shape index (κ3) is 3.42. The fourth-order valence-electron chi connectivity index (χ4n) is 6.63. The van der Waals surface area contributed by atoms with Crippen molar-refractivity contribution in [1.82, 2.24) is 15.1 Å². The third-order valence-electron chi connectivity index (χ3n) is 8.67. The van der Waals surface area contributed by atoms with Gasteiger partial charge in [0, 0.05) is 18.5 Å². The molecule has 2 heterocycles. The van der Waals surface area contributed by atoms with Crippen molar-refractivity contribution in [1.29, 1.82) is 0 Å². The van der Waals surface area contributed by atoms with Gasteiger partial charge in [-0.15, -0.1) is 11.3 Å². The minimum absolute atomic E-state index is 0.0525. The van der Waals surface area contributed by atoms with Gasteiger partial charge in [-0.05, 0) is 82.3 Å². The first-order valence-electron chi connectivity index (χ1n) is 12.0. The van der Waals surface area contributed by atoms with Crippen LogP contribution in [0, 0.1) is 29.1 Å². The first kappa shape index (κ1) is 22.1. The van der Waals surface area contributed by atoms with E-state index < -0.39 is 0 Å². The van der Waals surface area contributed by atoms with Gasteiger partial charge in [-0.1, -0.05) is 44.5 Å². The van der Waals surface area contributed by atoms with Crippen molar-refractivity contribution in [3.05, 3.63) is 43.9 Å². The average Bonchev–Trinajstić information content (AvgIpc) is 3.41. The van der Waals surface area contributed by atoms with Gasteiger partial charge in [0.1, 0.15) is 0 Å². The van der Waals surface area contributed by atoms with Crippen molar-refractivity contribution in [2.75, 3.05) is 6.54 Å². The van der Waals surface area contributed by atoms with Crippen LogP contribution in [0.15, 0.2) is 27.0 Å². The summed E-state index contributed by atoms with van der Waals surface area (Å²) in [6, 6.07) is 2.16. The summed E-state index contributed by atoms with van der Waals surface area (Å²) in [6.07, 6.45) is 9.73. The van der Waals surface area contributed by atoms with Gasteiger partial charge >= 0.3 is 0 Å². The van der Waals surface area contributed by atoms with Crippen LogP contribution < -0.4 is 5.32 Å². The molecule has 0 radical (unpaired) electrons. The van der Waals surface area contributed by atoms with E-state index in [1.165, 1.54) is 29.7 Å². The predicted molar refractivity (Wildman–Crippen MR) is 138 cm³/mol. The van der Waals surface area contributed by atoms with Gasteiger partial charge in [-0.2, -0.15) is 5.10 Å². The molecule has 7 rings (SSSR count). The standard InChI is InChI=1S/C26H29BrClN3OS/c1-13-4-7-20(19(28)8-13)31-23-17(9-15-10-21(27)33-24(15)23)22(30-31)25(32)29-12-14-5-6-16-11-18(14)26(16,2)3/h7-8,10,13-14,16,18H,4-6,9,11-12H2,1-3H3,(H,29,32). The molecule has 1 N–H and O–H groups in total. The largest absolute Gasteiger partial charge is 0.350 e. The second-order valence-electron chi connectivity index (χ2n) is 10.9. The molecule has 5 aliphatic rings. The summed E-state index contributed by atoms with van der Waals surface area (Å²) in [6.45, 7) is 7.71. The lowest BCUT2D eigenvalue weighted by Gasteiger charge is -2.60. The van der Waals surface area contributed by atoms with Crippen LogP contribution in [0.1, 0.15) is 68.1 Å². The maximum atomic E-state index is 13.4. The van der Waals surface area contributed by atoms with Crippen molar-refractivity contribution in [2.24, 2.45) is 29.1 Å². The lowest BCUT2D eigenvalue weighted by molar-refractivity contribution is -0.103. The monoisotopic (exact) mass is 545 g/mol. The summed E-state index contributed by atoms with van der Waals surface area (Å²) in [5.74, 6) is 2.52. The molecule has 4 nitrogen and oxygen atoms in total. The number of nitrogens with zero attached hydrogens (tertiary/aromatic N) is 2. The summed E-state index contributed by atoms with van der Waals surface area (Å²) < 4.78 is 3.02. The van der Waals surface area contributed by atoms with Crippen LogP contribution in [-0.4, -0.2) is 22.2 Å². The molecule has 2 aromatic heterocycles. The van der Waals surface area contributed by atoms with Crippen molar-refractivity contribution >= 4 is 50.5 Å². The van der Waals surface area contributed by atoms with Gasteiger partial charge < -0.3 is 5.32 Å². The third-order valence-corrected chi connectivity index (χ3v) is 10.7. The van der Waals surface area contributed by atoms with E-state index in [0.717, 1.165) is 52.0 Å². The van der Waals surface area contributed by atoms with E-state index in [4.69, 9.17) is 16.7 Å². The number of rotatable bonds is 4. The number of thiophene rings is 1. The zero-order valence-corrected chi connectivity index (χ0v) is 22.4. The SMILES string of the molecule is CC1C=C(Cl)C(n2nc(C(=O)NCC3CCC4CC3C4(C)C)c3c2-c2sc(Br)cc2C3)=CC1. The molecule has 0 saturated heterocycles. The minimum Gasteiger partial charge on any atom is -0.350 e. The highest BCUT2D eigenvalue weighted by atomic mass is 79.9. The van der Waals surface area contributed by atoms with Crippen LogP contribution in [0.4, 0.5) is 0 Å². The molecule has 0 aliphatic heterocycles. The zero-order valence-electron chi connectivity index (χ0n) is 19.3. The van der Waals surface area contributed by atoms with E-state index in [9.17, 15) is 4.79 Å². The Morgan fingerprint density at radius 3 is 2.94 bits per heavy atom. The quantitative estimate of drug-likeness (QED) is 0.380. The first-order valence-corrected chi connectivity index (χ1v) is 14.0. The molecule has 7 heteroatoms. The maximum absolute atomic E-state index is 13.4. The molecule has 4 unspecified atom stereocenters. The number of hydrogen-bond acceptors (Lipinski definition) is 3. The van der Waals surface area contributed by atoms with Crippen LogP contribution in [0.5, 0.6) is 0 Å². The molecular weight excluding hydrogens is 518 g/mol. The van der Waals surface area contributed by atoms with E-state index >= 15 is 0 Å². The predicted octanol–water partition coefficient (Wildman–Crippen LogP) is 7.08. The number of carbonyl (C=O) groups excluding carboxylic acids is 1. The molecule has 1 amide bonds. The molecule has 33 heavy (non-hydrogen) atoms. The van der Waals surface area contributed by atoms with E-state index in [1.54, 1.807) is 11.3 Å². The number of halogens is 2. The number of allylic oxidation sites excluding steroid dienone is 4. The molecule has 5 aliphatic carbocycles. The fourth-order valence-corrected chi connectivity index (χ4v) is 8.72. The van der Waals surface area contributed by atoms with Crippen LogP contribution in [-0.2, 0) is 6.42 Å². The number of carbonyl (C=O) groups is 1. The Labute approximate surface area is 212 Å². The van der Waals surface area contributed by atoms with Gasteiger partial charge in [-0.3, -0.25) is 4.79 Å². The number of aromatic nitrogens is 2. The zero-order chi connectivity index (χ0) is 23.1. The van der Waals surface area contributed by atoms with E-state index in [0.29, 0.717) is 28.0 Å². The number of hydrogen-bond donors (Lipinski definition) is 1. The first-order chi connectivity index (χ1) is 15.7. The number of amides is 1. The van der Waals surface area contributed by atoms with Crippen molar-refractivity contribution in [2.45, 2.75) is 52.9 Å². The molecule has 4 atom stereocenters. The molecule has 3 saturated carbocycles. The second-order valence-corrected chi connectivity index (χ2v) is 13.7. The normalized spacial score (nSPS) is 29.0. The summed E-state index contributed by atoms with van der Waals surface area (Å²) in [4.78, 5) is 14.6. The summed E-state index contributed by atoms with van der Waals surface area (Å²) in [5.41, 5.74) is 5.16. The summed E-state index contributed by atoms with van der Waals surface area (Å²) >= 11 is 12.0. The lowest BCUT2D eigenvalue weighted by Crippen LogP contribution is -2.54. The summed E-state index contributed by atoms with van der Waals surface area (Å²) in [5, 5.41) is 8.84. The molecule has 0 spiro atoms. The molecular formula is C26H29BrClN3OS. The molecule has 2 aromatic rings. The smallest absolute Gasteiger partial charge is 0.272 e. The van der Waals surface area contributed by atoms with Gasteiger partial charge in [0.05, 0.1) is 25.1 Å². The Kier molecular flexibility index (Phi) is 5.24. The molecule has 0 aromatic carbocycles. The Bertz CT molecular complexity index is 1220. The highest BCUT2D eigenvalue weighted by Gasteiger charge is 2.54. The fraction of sp³-hybridized carbons (Fsp3) is 0.538. The molecule has 3 fully saturated rings. The second kappa shape index (κ2) is 7.82. The van der Waals surface area contributed by atoms with Crippen molar-refractivity contribution < 1.29 is 4.79 Å². The molecule has 174 valence electrons. The number of nitrogens with one attached hydrogen (secondary N) is 1. The Morgan fingerprint density at radius 2 is 2.21 bits per heavy atom. The van der Waals surface area contributed by atoms with Gasteiger partial charge in [0.15, 0.2) is 5.69 Å². The Morgan fingerprint density at radius 1 is 1.39 bits per heavy atom. The summed E-state index contributed by atoms with van der Waals surface area (Å²) in [7, 11) is 0. The lowest BCUT2D eigenvalue weighted by atomic mass is 9.45. The van der Waals surface area contributed by atoms with E-state index in [-0.39, 0.29) is 5.91 Å². The van der Waals surface area contributed by atoms with Crippen molar-refractivity contribution in [3.63, 3.8) is 0 Å². The Hall–Kier alpha value is -1.37. The van der Waals surface area contributed by atoms with Crippen LogP contribution in [0.3, 0.4) is 0 Å². The van der Waals surface area contributed by atoms with Gasteiger partial charge in [0.25, 0.3) is 5.91 Å². The highest BCUT2D eigenvalue weighted by molar-refractivity contribution is 9.11. The van der Waals surface area contributed by atoms with E-state index in [1.807, 2.05) is 4.68 Å². The van der Waals surface area contributed by atoms with E-state index in [2.05, 4.69) is 60.2 Å².